The van der Waals surface area contributed by atoms with Gasteiger partial charge >= 0.3 is 0 Å². The fourth-order valence-electron chi connectivity index (χ4n) is 3.08. The van der Waals surface area contributed by atoms with Gasteiger partial charge in [0.25, 0.3) is 0 Å². The molecule has 2 aliphatic rings. The summed E-state index contributed by atoms with van der Waals surface area (Å²) in [6.45, 7) is 5.24. The summed E-state index contributed by atoms with van der Waals surface area (Å²) in [5.41, 5.74) is 0. The highest BCUT2D eigenvalue weighted by atomic mass is 15.4. The first kappa shape index (κ1) is 12.0. The molecule has 2 fully saturated rings. The summed E-state index contributed by atoms with van der Waals surface area (Å²) in [6.07, 6.45) is 6.60. The Hall–Kier alpha value is -1.10. The smallest absolute Gasteiger partial charge is 0.244 e. The van der Waals surface area contributed by atoms with Crippen molar-refractivity contribution in [1.29, 1.82) is 0 Å². The molecule has 5 nitrogen and oxygen atoms in total. The van der Waals surface area contributed by atoms with E-state index >= 15 is 0 Å². The SMILES string of the molecule is C[C@H]1CN(c2n[nH]c(C3CCCCC3)n2)CCN1. The van der Waals surface area contributed by atoms with Gasteiger partial charge in [-0.1, -0.05) is 19.3 Å². The standard InChI is InChI=1S/C13H23N5/c1-10-9-18(8-7-14-10)13-15-12(16-17-13)11-5-3-2-4-6-11/h10-11,14H,2-9H2,1H3,(H,15,16,17)/t10-/m0/s1. The van der Waals surface area contributed by atoms with Crippen LogP contribution in [0.1, 0.15) is 50.8 Å². The summed E-state index contributed by atoms with van der Waals surface area (Å²) in [5.74, 6) is 2.61. The molecular formula is C13H23N5. The van der Waals surface area contributed by atoms with Gasteiger partial charge in [-0.05, 0) is 19.8 Å². The van der Waals surface area contributed by atoms with E-state index in [0.717, 1.165) is 31.4 Å². The molecule has 1 aliphatic heterocycles. The molecular weight excluding hydrogens is 226 g/mol. The maximum atomic E-state index is 4.72. The zero-order chi connectivity index (χ0) is 12.4. The number of nitrogens with zero attached hydrogens (tertiary/aromatic N) is 3. The van der Waals surface area contributed by atoms with Crippen LogP contribution >= 0.6 is 0 Å². The predicted octanol–water partition coefficient (Wildman–Crippen LogP) is 1.65. The summed E-state index contributed by atoms with van der Waals surface area (Å²) in [7, 11) is 0. The van der Waals surface area contributed by atoms with Gasteiger partial charge in [0.15, 0.2) is 0 Å². The molecule has 2 heterocycles. The first-order valence-electron chi connectivity index (χ1n) is 7.23. The zero-order valence-electron chi connectivity index (χ0n) is 11.2. The molecule has 100 valence electrons. The third kappa shape index (κ3) is 2.51. The zero-order valence-corrected chi connectivity index (χ0v) is 11.2. The third-order valence-corrected chi connectivity index (χ3v) is 4.13. The number of hydrogen-bond acceptors (Lipinski definition) is 4. The van der Waals surface area contributed by atoms with Gasteiger partial charge in [-0.25, -0.2) is 0 Å². The maximum absolute atomic E-state index is 4.72. The number of hydrogen-bond donors (Lipinski definition) is 2. The minimum atomic E-state index is 0.524. The average molecular weight is 249 g/mol. The largest absolute Gasteiger partial charge is 0.337 e. The Kier molecular flexibility index (Phi) is 3.50. The molecule has 0 unspecified atom stereocenters. The maximum Gasteiger partial charge on any atom is 0.244 e. The van der Waals surface area contributed by atoms with Crippen LogP contribution in [-0.4, -0.2) is 40.9 Å². The van der Waals surface area contributed by atoms with Gasteiger partial charge in [-0.15, -0.1) is 5.10 Å². The Labute approximate surface area is 108 Å². The van der Waals surface area contributed by atoms with Crippen LogP contribution in [0.25, 0.3) is 0 Å². The van der Waals surface area contributed by atoms with Gasteiger partial charge in [0.1, 0.15) is 5.82 Å². The van der Waals surface area contributed by atoms with Gasteiger partial charge in [0.05, 0.1) is 0 Å². The molecule has 3 rings (SSSR count). The summed E-state index contributed by atoms with van der Waals surface area (Å²) >= 11 is 0. The number of aromatic amines is 1. The molecule has 0 radical (unpaired) electrons. The van der Waals surface area contributed by atoms with Crippen LogP contribution in [0, 0.1) is 0 Å². The van der Waals surface area contributed by atoms with Gasteiger partial charge < -0.3 is 10.2 Å². The van der Waals surface area contributed by atoms with E-state index in [-0.39, 0.29) is 0 Å². The lowest BCUT2D eigenvalue weighted by Crippen LogP contribution is -2.49. The topological polar surface area (TPSA) is 56.8 Å². The average Bonchev–Trinajstić information content (AvgIpc) is 2.89. The van der Waals surface area contributed by atoms with E-state index in [1.807, 2.05) is 0 Å². The van der Waals surface area contributed by atoms with Crippen LogP contribution in [0.4, 0.5) is 5.95 Å². The molecule has 0 amide bonds. The van der Waals surface area contributed by atoms with Crippen LogP contribution in [-0.2, 0) is 0 Å². The highest BCUT2D eigenvalue weighted by Crippen LogP contribution is 2.31. The molecule has 1 saturated carbocycles. The van der Waals surface area contributed by atoms with Crippen molar-refractivity contribution in [3.05, 3.63) is 5.82 Å². The second-order valence-electron chi connectivity index (χ2n) is 5.66. The summed E-state index contributed by atoms with van der Waals surface area (Å²) in [6, 6.07) is 0.524. The number of aromatic nitrogens is 3. The molecule has 2 N–H and O–H groups in total. The Bertz CT molecular complexity index is 382. The Morgan fingerprint density at radius 2 is 2.06 bits per heavy atom. The van der Waals surface area contributed by atoms with Crippen molar-refractivity contribution < 1.29 is 0 Å². The number of piperazine rings is 1. The first-order valence-corrected chi connectivity index (χ1v) is 7.23. The molecule has 1 aromatic rings. The summed E-state index contributed by atoms with van der Waals surface area (Å²) < 4.78 is 0. The van der Waals surface area contributed by atoms with E-state index in [4.69, 9.17) is 4.98 Å². The van der Waals surface area contributed by atoms with Crippen molar-refractivity contribution in [2.24, 2.45) is 0 Å². The van der Waals surface area contributed by atoms with Gasteiger partial charge in [0, 0.05) is 31.6 Å². The van der Waals surface area contributed by atoms with Crippen molar-refractivity contribution in [3.8, 4) is 0 Å². The number of anilines is 1. The van der Waals surface area contributed by atoms with Gasteiger partial charge in [-0.3, -0.25) is 5.10 Å². The van der Waals surface area contributed by atoms with Crippen LogP contribution in [0.3, 0.4) is 0 Å². The van der Waals surface area contributed by atoms with E-state index in [1.54, 1.807) is 0 Å². The second kappa shape index (κ2) is 5.26. The first-order chi connectivity index (χ1) is 8.83. The lowest BCUT2D eigenvalue weighted by molar-refractivity contribution is 0.429. The molecule has 18 heavy (non-hydrogen) atoms. The number of H-pyrrole nitrogens is 1. The second-order valence-corrected chi connectivity index (χ2v) is 5.66. The molecule has 0 spiro atoms. The quantitative estimate of drug-likeness (QED) is 0.837. The monoisotopic (exact) mass is 249 g/mol. The minimum Gasteiger partial charge on any atom is -0.337 e. The highest BCUT2D eigenvalue weighted by molar-refractivity contribution is 5.30. The van der Waals surface area contributed by atoms with E-state index in [0.29, 0.717) is 12.0 Å². The fraction of sp³-hybridized carbons (Fsp3) is 0.846. The molecule has 0 bridgehead atoms. The number of rotatable bonds is 2. The van der Waals surface area contributed by atoms with Crippen molar-refractivity contribution >= 4 is 5.95 Å². The minimum absolute atomic E-state index is 0.524. The lowest BCUT2D eigenvalue weighted by atomic mass is 9.89. The third-order valence-electron chi connectivity index (χ3n) is 4.13. The van der Waals surface area contributed by atoms with Crippen molar-refractivity contribution in [2.75, 3.05) is 24.5 Å². The number of nitrogens with one attached hydrogen (secondary N) is 2. The van der Waals surface area contributed by atoms with E-state index in [9.17, 15) is 0 Å². The van der Waals surface area contributed by atoms with Gasteiger partial charge in [0.2, 0.25) is 5.95 Å². The van der Waals surface area contributed by atoms with Crippen LogP contribution in [0.2, 0.25) is 0 Å². The Morgan fingerprint density at radius 3 is 2.83 bits per heavy atom. The lowest BCUT2D eigenvalue weighted by Gasteiger charge is -2.30. The van der Waals surface area contributed by atoms with Crippen LogP contribution in [0.5, 0.6) is 0 Å². The fourth-order valence-corrected chi connectivity index (χ4v) is 3.08. The molecule has 1 saturated heterocycles. The van der Waals surface area contributed by atoms with Crippen molar-refractivity contribution in [3.63, 3.8) is 0 Å². The van der Waals surface area contributed by atoms with Crippen LogP contribution in [0.15, 0.2) is 0 Å². The normalized spacial score (nSPS) is 26.5. The molecule has 5 heteroatoms. The predicted molar refractivity (Wildman–Crippen MR) is 71.9 cm³/mol. The van der Waals surface area contributed by atoms with Gasteiger partial charge in [-0.2, -0.15) is 4.98 Å². The molecule has 1 atom stereocenters. The highest BCUT2D eigenvalue weighted by Gasteiger charge is 2.23. The molecule has 0 aromatic carbocycles. The van der Waals surface area contributed by atoms with E-state index < -0.39 is 0 Å². The Balaban J connectivity index is 1.68. The van der Waals surface area contributed by atoms with E-state index in [2.05, 4.69) is 27.3 Å². The van der Waals surface area contributed by atoms with Crippen molar-refractivity contribution in [2.45, 2.75) is 51.0 Å². The van der Waals surface area contributed by atoms with E-state index in [1.165, 1.54) is 32.1 Å². The Morgan fingerprint density at radius 1 is 1.22 bits per heavy atom. The van der Waals surface area contributed by atoms with Crippen LogP contribution < -0.4 is 10.2 Å². The summed E-state index contributed by atoms with van der Waals surface area (Å²) in [5, 5.41) is 11.0. The molecule has 1 aromatic heterocycles. The molecule has 1 aliphatic carbocycles. The van der Waals surface area contributed by atoms with Crippen molar-refractivity contribution in [1.82, 2.24) is 20.5 Å². The summed E-state index contributed by atoms with van der Waals surface area (Å²) in [4.78, 5) is 7.01.